The first-order chi connectivity index (χ1) is 6.16. The Bertz CT molecular complexity index is 299. The highest BCUT2D eigenvalue weighted by Crippen LogP contribution is 2.18. The van der Waals surface area contributed by atoms with Gasteiger partial charge in [0.1, 0.15) is 5.82 Å². The molecule has 0 saturated heterocycles. The monoisotopic (exact) mass is 181 g/mol. The van der Waals surface area contributed by atoms with Gasteiger partial charge in [-0.1, -0.05) is 12.1 Å². The smallest absolute Gasteiger partial charge is 0.214 e. The van der Waals surface area contributed by atoms with Crippen molar-refractivity contribution in [2.24, 2.45) is 0 Å². The summed E-state index contributed by atoms with van der Waals surface area (Å²) < 4.78 is 13.2. The summed E-state index contributed by atoms with van der Waals surface area (Å²) in [5.41, 5.74) is 0.326. The first kappa shape index (κ1) is 9.71. The topological polar surface area (TPSA) is 20.3 Å². The third-order valence-electron chi connectivity index (χ3n) is 1.80. The summed E-state index contributed by atoms with van der Waals surface area (Å²) in [5, 5.41) is 0. The summed E-state index contributed by atoms with van der Waals surface area (Å²) in [6, 6.07) is 6.20. The van der Waals surface area contributed by atoms with Gasteiger partial charge in [-0.25, -0.2) is 4.39 Å². The highest BCUT2D eigenvalue weighted by atomic mass is 19.1. The first-order valence-corrected chi connectivity index (χ1v) is 4.15. The minimum atomic E-state index is -0.372. The summed E-state index contributed by atoms with van der Waals surface area (Å²) in [6.45, 7) is 3.67. The van der Waals surface area contributed by atoms with E-state index in [4.69, 9.17) is 0 Å². The van der Waals surface area contributed by atoms with Gasteiger partial charge in [-0.15, -0.1) is 0 Å². The van der Waals surface area contributed by atoms with Crippen molar-refractivity contribution in [3.05, 3.63) is 30.1 Å². The predicted octanol–water partition coefficient (Wildman–Crippen LogP) is 2.20. The number of amides is 1. The van der Waals surface area contributed by atoms with Gasteiger partial charge in [0.2, 0.25) is 6.41 Å². The van der Waals surface area contributed by atoms with Crippen molar-refractivity contribution in [1.29, 1.82) is 0 Å². The van der Waals surface area contributed by atoms with Crippen LogP contribution in [0.5, 0.6) is 0 Å². The van der Waals surface area contributed by atoms with Crippen molar-refractivity contribution in [1.82, 2.24) is 0 Å². The van der Waals surface area contributed by atoms with E-state index in [0.717, 1.165) is 0 Å². The molecular weight excluding hydrogens is 169 g/mol. The van der Waals surface area contributed by atoms with Gasteiger partial charge < -0.3 is 4.90 Å². The van der Waals surface area contributed by atoms with E-state index in [9.17, 15) is 9.18 Å². The second kappa shape index (κ2) is 4.03. The van der Waals surface area contributed by atoms with Crippen LogP contribution in [-0.4, -0.2) is 12.5 Å². The lowest BCUT2D eigenvalue weighted by Gasteiger charge is -2.21. The van der Waals surface area contributed by atoms with Crippen molar-refractivity contribution >= 4 is 12.1 Å². The van der Waals surface area contributed by atoms with Crippen LogP contribution >= 0.6 is 0 Å². The maximum atomic E-state index is 13.2. The molecule has 0 heterocycles. The number of halogens is 1. The van der Waals surface area contributed by atoms with Crippen LogP contribution in [0.3, 0.4) is 0 Å². The van der Waals surface area contributed by atoms with Gasteiger partial charge in [-0.05, 0) is 26.0 Å². The lowest BCUT2D eigenvalue weighted by Crippen LogP contribution is -2.29. The van der Waals surface area contributed by atoms with E-state index >= 15 is 0 Å². The molecule has 1 rings (SSSR count). The molecule has 0 aliphatic heterocycles. The predicted molar refractivity (Wildman–Crippen MR) is 50.1 cm³/mol. The van der Waals surface area contributed by atoms with E-state index in [0.29, 0.717) is 12.1 Å². The molecule has 0 unspecified atom stereocenters. The fourth-order valence-electron chi connectivity index (χ4n) is 1.12. The summed E-state index contributed by atoms with van der Waals surface area (Å²) in [7, 11) is 0. The van der Waals surface area contributed by atoms with Gasteiger partial charge >= 0.3 is 0 Å². The quantitative estimate of drug-likeness (QED) is 0.654. The molecule has 0 aliphatic carbocycles. The minimum Gasteiger partial charge on any atom is -0.310 e. The second-order valence-electron chi connectivity index (χ2n) is 3.06. The maximum Gasteiger partial charge on any atom is 0.214 e. The molecule has 0 aliphatic rings. The van der Waals surface area contributed by atoms with Crippen molar-refractivity contribution in [3.8, 4) is 0 Å². The number of para-hydroxylation sites is 1. The van der Waals surface area contributed by atoms with Crippen LogP contribution in [-0.2, 0) is 4.79 Å². The molecule has 1 amide bonds. The molecule has 0 spiro atoms. The van der Waals surface area contributed by atoms with Crippen molar-refractivity contribution in [2.75, 3.05) is 4.90 Å². The Hall–Kier alpha value is -1.38. The third-order valence-corrected chi connectivity index (χ3v) is 1.80. The normalized spacial score (nSPS) is 10.2. The number of hydrogen-bond acceptors (Lipinski definition) is 1. The Balaban J connectivity index is 3.04. The van der Waals surface area contributed by atoms with Gasteiger partial charge in [0, 0.05) is 6.04 Å². The van der Waals surface area contributed by atoms with Gasteiger partial charge in [-0.3, -0.25) is 4.79 Å². The van der Waals surface area contributed by atoms with Gasteiger partial charge in [0.15, 0.2) is 0 Å². The Morgan fingerprint density at radius 2 is 2.00 bits per heavy atom. The standard InChI is InChI=1S/C10H12FNO/c1-8(2)12(7-13)10-6-4-3-5-9(10)11/h3-8H,1-2H3. The Morgan fingerprint density at radius 3 is 2.46 bits per heavy atom. The number of carbonyl (C=O) groups is 1. The van der Waals surface area contributed by atoms with Crippen LogP contribution in [0.4, 0.5) is 10.1 Å². The molecule has 2 nitrogen and oxygen atoms in total. The summed E-state index contributed by atoms with van der Waals surface area (Å²) in [5.74, 6) is -0.372. The zero-order valence-corrected chi connectivity index (χ0v) is 7.70. The highest BCUT2D eigenvalue weighted by Gasteiger charge is 2.12. The summed E-state index contributed by atoms with van der Waals surface area (Å²) in [4.78, 5) is 12.0. The maximum absolute atomic E-state index is 13.2. The fourth-order valence-corrected chi connectivity index (χ4v) is 1.12. The molecule has 13 heavy (non-hydrogen) atoms. The van der Waals surface area contributed by atoms with Gasteiger partial charge in [0.25, 0.3) is 0 Å². The van der Waals surface area contributed by atoms with Gasteiger partial charge in [0.05, 0.1) is 5.69 Å². The van der Waals surface area contributed by atoms with Crippen molar-refractivity contribution < 1.29 is 9.18 Å². The van der Waals surface area contributed by atoms with Crippen LogP contribution in [0.15, 0.2) is 24.3 Å². The molecule has 0 bridgehead atoms. The Labute approximate surface area is 77.0 Å². The van der Waals surface area contributed by atoms with Crippen LogP contribution < -0.4 is 4.90 Å². The molecule has 70 valence electrons. The molecule has 0 atom stereocenters. The van der Waals surface area contributed by atoms with Crippen LogP contribution in [0.1, 0.15) is 13.8 Å². The van der Waals surface area contributed by atoms with E-state index in [2.05, 4.69) is 0 Å². The molecule has 0 N–H and O–H groups in total. The van der Waals surface area contributed by atoms with Crippen molar-refractivity contribution in [2.45, 2.75) is 19.9 Å². The van der Waals surface area contributed by atoms with Gasteiger partial charge in [-0.2, -0.15) is 0 Å². The number of anilines is 1. The van der Waals surface area contributed by atoms with Crippen LogP contribution in [0.25, 0.3) is 0 Å². The minimum absolute atomic E-state index is 0.0330. The summed E-state index contributed by atoms with van der Waals surface area (Å²) >= 11 is 0. The zero-order chi connectivity index (χ0) is 9.84. The molecule has 0 radical (unpaired) electrons. The van der Waals surface area contributed by atoms with E-state index in [1.54, 1.807) is 18.2 Å². The molecule has 0 saturated carbocycles. The van der Waals surface area contributed by atoms with E-state index in [-0.39, 0.29) is 11.9 Å². The fraction of sp³-hybridized carbons (Fsp3) is 0.300. The molecule has 1 aromatic rings. The zero-order valence-electron chi connectivity index (χ0n) is 7.70. The lowest BCUT2D eigenvalue weighted by molar-refractivity contribution is -0.107. The number of carbonyl (C=O) groups excluding carboxylic acids is 1. The average molecular weight is 181 g/mol. The second-order valence-corrected chi connectivity index (χ2v) is 3.06. The Kier molecular flexibility index (Phi) is 3.01. The largest absolute Gasteiger partial charge is 0.310 e. The Morgan fingerprint density at radius 1 is 1.38 bits per heavy atom. The number of nitrogens with zero attached hydrogens (tertiary/aromatic N) is 1. The molecular formula is C10H12FNO. The van der Waals surface area contributed by atoms with E-state index in [1.807, 2.05) is 13.8 Å². The number of hydrogen-bond donors (Lipinski definition) is 0. The van der Waals surface area contributed by atoms with Crippen LogP contribution in [0, 0.1) is 5.82 Å². The molecule has 3 heteroatoms. The highest BCUT2D eigenvalue weighted by molar-refractivity contribution is 5.75. The SMILES string of the molecule is CC(C)N(C=O)c1ccccc1F. The molecule has 0 aromatic heterocycles. The number of benzene rings is 1. The lowest BCUT2D eigenvalue weighted by atomic mass is 10.2. The van der Waals surface area contributed by atoms with E-state index in [1.165, 1.54) is 11.0 Å². The third kappa shape index (κ3) is 2.05. The van der Waals surface area contributed by atoms with E-state index < -0.39 is 0 Å². The summed E-state index contributed by atoms with van der Waals surface area (Å²) in [6.07, 6.45) is 0.642. The first-order valence-electron chi connectivity index (χ1n) is 4.15. The molecule has 1 aromatic carbocycles. The van der Waals surface area contributed by atoms with Crippen molar-refractivity contribution in [3.63, 3.8) is 0 Å². The van der Waals surface area contributed by atoms with Crippen LogP contribution in [0.2, 0.25) is 0 Å². The number of rotatable bonds is 3. The average Bonchev–Trinajstić information content (AvgIpc) is 2.09. The molecule has 0 fully saturated rings.